The van der Waals surface area contributed by atoms with Crippen molar-refractivity contribution in [1.29, 1.82) is 0 Å². The molecule has 1 aromatic carbocycles. The molecule has 0 saturated heterocycles. The van der Waals surface area contributed by atoms with Gasteiger partial charge >= 0.3 is 10.3 Å². The lowest BCUT2D eigenvalue weighted by molar-refractivity contribution is 0.346. The van der Waals surface area contributed by atoms with Gasteiger partial charge in [-0.2, -0.15) is 12.7 Å². The average molecular weight is 229 g/mol. The lowest BCUT2D eigenvalue weighted by atomic mass is 10.2. The van der Waals surface area contributed by atoms with Crippen LogP contribution in [0.2, 0.25) is 0 Å². The van der Waals surface area contributed by atoms with Gasteiger partial charge < -0.3 is 0 Å². The first kappa shape index (κ1) is 12.2. The van der Waals surface area contributed by atoms with Gasteiger partial charge in [-0.05, 0) is 12.0 Å². The van der Waals surface area contributed by atoms with Crippen LogP contribution in [0, 0.1) is 0 Å². The van der Waals surface area contributed by atoms with E-state index in [0.717, 1.165) is 9.87 Å². The summed E-state index contributed by atoms with van der Waals surface area (Å²) in [4.78, 5) is 0. The molecule has 0 saturated carbocycles. The molecule has 0 aliphatic carbocycles. The van der Waals surface area contributed by atoms with Gasteiger partial charge in [0.05, 0.1) is 0 Å². The minimum atomic E-state index is -4.09. The quantitative estimate of drug-likeness (QED) is 0.782. The molecule has 0 amide bonds. The standard InChI is InChI=1S/C10H15NO3S/c1-2-8-11(15(12,13)14)9-10-6-4-3-5-7-10/h3-7H,2,8-9H2,1H3,(H,12,13,14). The van der Waals surface area contributed by atoms with Crippen molar-refractivity contribution < 1.29 is 13.0 Å². The van der Waals surface area contributed by atoms with Gasteiger partial charge in [0.25, 0.3) is 0 Å². The molecule has 0 aromatic heterocycles. The zero-order chi connectivity index (χ0) is 11.3. The summed E-state index contributed by atoms with van der Waals surface area (Å²) in [5, 5.41) is 0. The van der Waals surface area contributed by atoms with Crippen molar-refractivity contribution in [2.75, 3.05) is 6.54 Å². The maximum atomic E-state index is 11.0. The number of rotatable bonds is 5. The Morgan fingerprint density at radius 1 is 1.27 bits per heavy atom. The van der Waals surface area contributed by atoms with E-state index in [4.69, 9.17) is 4.55 Å². The summed E-state index contributed by atoms with van der Waals surface area (Å²) in [5.74, 6) is 0. The van der Waals surface area contributed by atoms with Crippen LogP contribution in [0.5, 0.6) is 0 Å². The van der Waals surface area contributed by atoms with Gasteiger partial charge in [-0.25, -0.2) is 0 Å². The van der Waals surface area contributed by atoms with Crippen LogP contribution in [0.1, 0.15) is 18.9 Å². The Morgan fingerprint density at radius 3 is 2.33 bits per heavy atom. The van der Waals surface area contributed by atoms with Crippen molar-refractivity contribution in [3.05, 3.63) is 35.9 Å². The van der Waals surface area contributed by atoms with E-state index in [9.17, 15) is 8.42 Å². The minimum absolute atomic E-state index is 0.216. The summed E-state index contributed by atoms with van der Waals surface area (Å²) >= 11 is 0. The van der Waals surface area contributed by atoms with E-state index in [1.165, 1.54) is 0 Å². The molecule has 1 N–H and O–H groups in total. The molecule has 1 rings (SSSR count). The summed E-state index contributed by atoms with van der Waals surface area (Å²) in [7, 11) is -4.09. The second kappa shape index (κ2) is 5.25. The SMILES string of the molecule is CCCN(Cc1ccccc1)S(=O)(=O)O. The van der Waals surface area contributed by atoms with Crippen molar-refractivity contribution in [2.45, 2.75) is 19.9 Å². The van der Waals surface area contributed by atoms with Crippen LogP contribution in [-0.2, 0) is 16.8 Å². The molecule has 0 spiro atoms. The molecule has 0 aliphatic rings. The number of nitrogens with zero attached hydrogens (tertiary/aromatic N) is 1. The number of hydrogen-bond donors (Lipinski definition) is 1. The van der Waals surface area contributed by atoms with E-state index in [1.54, 1.807) is 0 Å². The molecule has 4 nitrogen and oxygen atoms in total. The molecule has 0 bridgehead atoms. The van der Waals surface area contributed by atoms with Crippen LogP contribution in [0.15, 0.2) is 30.3 Å². The molecule has 0 fully saturated rings. The minimum Gasteiger partial charge on any atom is -0.273 e. The Balaban J connectivity index is 2.76. The Morgan fingerprint density at radius 2 is 1.87 bits per heavy atom. The number of benzene rings is 1. The second-order valence-corrected chi connectivity index (χ2v) is 4.71. The predicted octanol–water partition coefficient (Wildman–Crippen LogP) is 1.70. The molecule has 15 heavy (non-hydrogen) atoms. The predicted molar refractivity (Wildman–Crippen MR) is 58.7 cm³/mol. The number of hydrogen-bond acceptors (Lipinski definition) is 2. The van der Waals surface area contributed by atoms with Gasteiger partial charge in [-0.15, -0.1) is 0 Å². The largest absolute Gasteiger partial charge is 0.336 e. The van der Waals surface area contributed by atoms with Crippen molar-refractivity contribution in [2.24, 2.45) is 0 Å². The monoisotopic (exact) mass is 229 g/mol. The van der Waals surface area contributed by atoms with Crippen molar-refractivity contribution in [1.82, 2.24) is 4.31 Å². The van der Waals surface area contributed by atoms with Gasteiger partial charge in [0.2, 0.25) is 0 Å². The van der Waals surface area contributed by atoms with Crippen molar-refractivity contribution in [3.8, 4) is 0 Å². The van der Waals surface area contributed by atoms with Crippen LogP contribution in [0.4, 0.5) is 0 Å². The van der Waals surface area contributed by atoms with E-state index >= 15 is 0 Å². The Hall–Kier alpha value is -0.910. The molecule has 0 aliphatic heterocycles. The maximum absolute atomic E-state index is 11.0. The first-order valence-corrected chi connectivity index (χ1v) is 6.20. The van der Waals surface area contributed by atoms with Crippen molar-refractivity contribution >= 4 is 10.3 Å². The van der Waals surface area contributed by atoms with E-state index in [2.05, 4.69) is 0 Å². The Labute approximate surface area is 90.4 Å². The lowest BCUT2D eigenvalue weighted by Gasteiger charge is -2.17. The maximum Gasteiger partial charge on any atom is 0.336 e. The molecule has 5 heteroatoms. The van der Waals surface area contributed by atoms with E-state index < -0.39 is 10.3 Å². The van der Waals surface area contributed by atoms with Gasteiger partial charge in [0.15, 0.2) is 0 Å². The molecular weight excluding hydrogens is 214 g/mol. The topological polar surface area (TPSA) is 57.6 Å². The first-order valence-electron chi connectivity index (χ1n) is 4.80. The smallest absolute Gasteiger partial charge is 0.273 e. The summed E-state index contributed by atoms with van der Waals surface area (Å²) in [6.45, 7) is 2.41. The highest BCUT2D eigenvalue weighted by Gasteiger charge is 2.17. The highest BCUT2D eigenvalue weighted by Crippen LogP contribution is 2.08. The Kier molecular flexibility index (Phi) is 4.26. The van der Waals surface area contributed by atoms with Crippen LogP contribution >= 0.6 is 0 Å². The van der Waals surface area contributed by atoms with Crippen LogP contribution in [0.3, 0.4) is 0 Å². The summed E-state index contributed by atoms with van der Waals surface area (Å²) in [6, 6.07) is 9.19. The third-order valence-electron chi connectivity index (χ3n) is 2.00. The summed E-state index contributed by atoms with van der Waals surface area (Å²) in [6.07, 6.45) is 0.673. The normalized spacial score (nSPS) is 11.9. The molecular formula is C10H15NO3S. The molecule has 0 heterocycles. The van der Waals surface area contributed by atoms with Gasteiger partial charge in [-0.1, -0.05) is 37.3 Å². The van der Waals surface area contributed by atoms with E-state index in [-0.39, 0.29) is 6.54 Å². The zero-order valence-corrected chi connectivity index (χ0v) is 9.44. The van der Waals surface area contributed by atoms with Gasteiger partial charge in [-0.3, -0.25) is 4.55 Å². The highest BCUT2D eigenvalue weighted by molar-refractivity contribution is 7.83. The Bertz CT molecular complexity index is 388. The highest BCUT2D eigenvalue weighted by atomic mass is 32.2. The lowest BCUT2D eigenvalue weighted by Crippen LogP contribution is -2.30. The van der Waals surface area contributed by atoms with E-state index in [0.29, 0.717) is 13.0 Å². The molecule has 84 valence electrons. The fraction of sp³-hybridized carbons (Fsp3) is 0.400. The molecule has 1 aromatic rings. The molecule has 0 radical (unpaired) electrons. The van der Waals surface area contributed by atoms with Crippen LogP contribution < -0.4 is 0 Å². The average Bonchev–Trinajstić information content (AvgIpc) is 2.17. The van der Waals surface area contributed by atoms with E-state index in [1.807, 2.05) is 37.3 Å². The first-order chi connectivity index (χ1) is 7.04. The third-order valence-corrected chi connectivity index (χ3v) is 2.97. The third kappa shape index (κ3) is 3.99. The van der Waals surface area contributed by atoms with Gasteiger partial charge in [0, 0.05) is 13.1 Å². The second-order valence-electron chi connectivity index (χ2n) is 3.30. The summed E-state index contributed by atoms with van der Waals surface area (Å²) < 4.78 is 32.0. The fourth-order valence-corrected chi connectivity index (χ4v) is 2.04. The molecule has 0 atom stereocenters. The van der Waals surface area contributed by atoms with Crippen LogP contribution in [-0.4, -0.2) is 23.8 Å². The molecule has 0 unspecified atom stereocenters. The summed E-state index contributed by atoms with van der Waals surface area (Å²) in [5.41, 5.74) is 0.864. The van der Waals surface area contributed by atoms with Crippen molar-refractivity contribution in [3.63, 3.8) is 0 Å². The fourth-order valence-electron chi connectivity index (χ4n) is 1.31. The van der Waals surface area contributed by atoms with Gasteiger partial charge in [0.1, 0.15) is 0 Å². The van der Waals surface area contributed by atoms with Crippen LogP contribution in [0.25, 0.3) is 0 Å². The zero-order valence-electron chi connectivity index (χ0n) is 8.63.